The fourth-order valence-corrected chi connectivity index (χ4v) is 2.01. The summed E-state index contributed by atoms with van der Waals surface area (Å²) in [6.07, 6.45) is 1.72. The summed E-state index contributed by atoms with van der Waals surface area (Å²) in [5, 5.41) is 0. The Morgan fingerprint density at radius 3 is 2.75 bits per heavy atom. The molecule has 5 heteroatoms. The van der Waals surface area contributed by atoms with Crippen molar-refractivity contribution in [3.63, 3.8) is 0 Å². The molecule has 0 saturated carbocycles. The average molecular weight is 228 g/mol. The van der Waals surface area contributed by atoms with Gasteiger partial charge in [-0.25, -0.2) is 0 Å². The van der Waals surface area contributed by atoms with Crippen molar-refractivity contribution in [1.82, 2.24) is 9.80 Å². The zero-order chi connectivity index (χ0) is 12.1. The van der Waals surface area contributed by atoms with E-state index in [0.717, 1.165) is 25.9 Å². The minimum atomic E-state index is -0.282. The van der Waals surface area contributed by atoms with Crippen molar-refractivity contribution >= 4 is 11.9 Å². The SMILES string of the molecule is CCCN(CC(=O)OC)C1CCN(C)C1=O. The minimum absolute atomic E-state index is 0.109. The van der Waals surface area contributed by atoms with Gasteiger partial charge in [-0.1, -0.05) is 6.92 Å². The number of carbonyl (C=O) groups excluding carboxylic acids is 2. The zero-order valence-electron chi connectivity index (χ0n) is 10.2. The number of amides is 1. The summed E-state index contributed by atoms with van der Waals surface area (Å²) < 4.78 is 4.64. The molecule has 1 rings (SSSR count). The number of hydrogen-bond acceptors (Lipinski definition) is 4. The highest BCUT2D eigenvalue weighted by atomic mass is 16.5. The maximum absolute atomic E-state index is 11.8. The Labute approximate surface area is 96.3 Å². The predicted octanol–water partition coefficient (Wildman–Crippen LogP) is 0.102. The second-order valence-corrected chi connectivity index (χ2v) is 4.11. The lowest BCUT2D eigenvalue weighted by Gasteiger charge is -2.25. The van der Waals surface area contributed by atoms with Gasteiger partial charge in [0.15, 0.2) is 0 Å². The van der Waals surface area contributed by atoms with Crippen LogP contribution in [0.15, 0.2) is 0 Å². The summed E-state index contributed by atoms with van der Waals surface area (Å²) in [6.45, 7) is 3.76. The Morgan fingerprint density at radius 2 is 2.31 bits per heavy atom. The molecule has 0 bridgehead atoms. The van der Waals surface area contributed by atoms with Gasteiger partial charge in [-0.15, -0.1) is 0 Å². The average Bonchev–Trinajstić information content (AvgIpc) is 2.59. The third-order valence-electron chi connectivity index (χ3n) is 2.91. The number of esters is 1. The number of hydrogen-bond donors (Lipinski definition) is 0. The fraction of sp³-hybridized carbons (Fsp3) is 0.818. The van der Waals surface area contributed by atoms with Gasteiger partial charge < -0.3 is 9.64 Å². The summed E-state index contributed by atoms with van der Waals surface area (Å²) in [5.74, 6) is -0.173. The molecule has 1 fully saturated rings. The Bertz CT molecular complexity index is 268. The molecule has 1 amide bonds. The summed E-state index contributed by atoms with van der Waals surface area (Å²) in [4.78, 5) is 26.7. The lowest BCUT2D eigenvalue weighted by atomic mass is 10.2. The molecule has 5 nitrogen and oxygen atoms in total. The highest BCUT2D eigenvalue weighted by Gasteiger charge is 2.34. The highest BCUT2D eigenvalue weighted by molar-refractivity contribution is 5.84. The third kappa shape index (κ3) is 2.95. The highest BCUT2D eigenvalue weighted by Crippen LogP contribution is 2.16. The fourth-order valence-electron chi connectivity index (χ4n) is 2.01. The first-order valence-electron chi connectivity index (χ1n) is 5.66. The van der Waals surface area contributed by atoms with Gasteiger partial charge >= 0.3 is 5.97 Å². The normalized spacial score (nSPS) is 20.6. The van der Waals surface area contributed by atoms with E-state index in [1.54, 1.807) is 11.9 Å². The second-order valence-electron chi connectivity index (χ2n) is 4.11. The number of methoxy groups -OCH3 is 1. The number of likely N-dealkylation sites (N-methyl/N-ethyl adjacent to an activating group) is 1. The Balaban J connectivity index is 2.62. The van der Waals surface area contributed by atoms with Gasteiger partial charge in [-0.05, 0) is 19.4 Å². The van der Waals surface area contributed by atoms with Gasteiger partial charge in [0.1, 0.15) is 0 Å². The van der Waals surface area contributed by atoms with Crippen molar-refractivity contribution in [3.8, 4) is 0 Å². The third-order valence-corrected chi connectivity index (χ3v) is 2.91. The number of rotatable bonds is 5. The van der Waals surface area contributed by atoms with Crippen LogP contribution in [0.1, 0.15) is 19.8 Å². The molecule has 1 saturated heterocycles. The largest absolute Gasteiger partial charge is 0.468 e. The van der Waals surface area contributed by atoms with E-state index in [0.29, 0.717) is 0 Å². The Kier molecular flexibility index (Phi) is 4.73. The van der Waals surface area contributed by atoms with Crippen LogP contribution in [-0.2, 0) is 14.3 Å². The van der Waals surface area contributed by atoms with E-state index in [9.17, 15) is 9.59 Å². The van der Waals surface area contributed by atoms with E-state index in [-0.39, 0.29) is 24.5 Å². The smallest absolute Gasteiger partial charge is 0.319 e. The molecule has 92 valence electrons. The van der Waals surface area contributed by atoms with E-state index < -0.39 is 0 Å². The number of nitrogens with zero attached hydrogens (tertiary/aromatic N) is 2. The topological polar surface area (TPSA) is 49.9 Å². The van der Waals surface area contributed by atoms with Gasteiger partial charge in [0.2, 0.25) is 5.91 Å². The van der Waals surface area contributed by atoms with Gasteiger partial charge in [0.05, 0.1) is 19.7 Å². The van der Waals surface area contributed by atoms with Crippen molar-refractivity contribution in [2.75, 3.05) is 33.8 Å². The van der Waals surface area contributed by atoms with Crippen molar-refractivity contribution < 1.29 is 14.3 Å². The number of carbonyl (C=O) groups is 2. The van der Waals surface area contributed by atoms with Gasteiger partial charge in [-0.2, -0.15) is 0 Å². The van der Waals surface area contributed by atoms with Crippen LogP contribution in [0.25, 0.3) is 0 Å². The molecule has 1 unspecified atom stereocenters. The minimum Gasteiger partial charge on any atom is -0.468 e. The molecule has 0 aromatic carbocycles. The lowest BCUT2D eigenvalue weighted by Crippen LogP contribution is -2.44. The van der Waals surface area contributed by atoms with Crippen LogP contribution in [0.4, 0.5) is 0 Å². The summed E-state index contributed by atoms with van der Waals surface area (Å²) in [5.41, 5.74) is 0. The molecule has 0 aliphatic carbocycles. The molecule has 0 N–H and O–H groups in total. The number of likely N-dealkylation sites (tertiary alicyclic amines) is 1. The van der Waals surface area contributed by atoms with E-state index in [2.05, 4.69) is 4.74 Å². The van der Waals surface area contributed by atoms with Crippen LogP contribution in [0.3, 0.4) is 0 Å². The van der Waals surface area contributed by atoms with Crippen molar-refractivity contribution in [3.05, 3.63) is 0 Å². The van der Waals surface area contributed by atoms with Crippen molar-refractivity contribution in [2.24, 2.45) is 0 Å². The second kappa shape index (κ2) is 5.84. The van der Waals surface area contributed by atoms with Crippen LogP contribution < -0.4 is 0 Å². The van der Waals surface area contributed by atoms with Crippen molar-refractivity contribution in [2.45, 2.75) is 25.8 Å². The van der Waals surface area contributed by atoms with E-state index in [4.69, 9.17) is 0 Å². The molecule has 1 heterocycles. The summed E-state index contributed by atoms with van der Waals surface area (Å²) in [6, 6.07) is -0.149. The molecule has 1 aliphatic heterocycles. The maximum atomic E-state index is 11.8. The van der Waals surface area contributed by atoms with Crippen LogP contribution in [0.2, 0.25) is 0 Å². The quantitative estimate of drug-likeness (QED) is 0.626. The molecular formula is C11H20N2O3. The molecule has 0 aromatic rings. The first-order valence-corrected chi connectivity index (χ1v) is 5.66. The van der Waals surface area contributed by atoms with E-state index in [1.165, 1.54) is 7.11 Å². The van der Waals surface area contributed by atoms with Crippen molar-refractivity contribution in [1.29, 1.82) is 0 Å². The molecule has 1 atom stereocenters. The standard InChI is InChI=1S/C11H20N2O3/c1-4-6-13(8-10(14)16-3)9-5-7-12(2)11(9)15/h9H,4-8H2,1-3H3. The summed E-state index contributed by atoms with van der Waals surface area (Å²) in [7, 11) is 3.17. The molecule has 0 aromatic heterocycles. The molecule has 0 radical (unpaired) electrons. The predicted molar refractivity (Wildman–Crippen MR) is 59.9 cm³/mol. The lowest BCUT2D eigenvalue weighted by molar-refractivity contribution is -0.143. The molecule has 16 heavy (non-hydrogen) atoms. The molecule has 0 spiro atoms. The molecular weight excluding hydrogens is 208 g/mol. The van der Waals surface area contributed by atoms with Crippen LogP contribution in [0, 0.1) is 0 Å². The van der Waals surface area contributed by atoms with Gasteiger partial charge in [-0.3, -0.25) is 14.5 Å². The number of ether oxygens (including phenoxy) is 1. The summed E-state index contributed by atoms with van der Waals surface area (Å²) >= 11 is 0. The van der Waals surface area contributed by atoms with Gasteiger partial charge in [0.25, 0.3) is 0 Å². The first kappa shape index (κ1) is 13.0. The Hall–Kier alpha value is -1.10. The van der Waals surface area contributed by atoms with Crippen LogP contribution >= 0.6 is 0 Å². The van der Waals surface area contributed by atoms with E-state index >= 15 is 0 Å². The maximum Gasteiger partial charge on any atom is 0.319 e. The van der Waals surface area contributed by atoms with Crippen LogP contribution in [0.5, 0.6) is 0 Å². The van der Waals surface area contributed by atoms with Gasteiger partial charge in [0, 0.05) is 13.6 Å². The van der Waals surface area contributed by atoms with E-state index in [1.807, 2.05) is 11.8 Å². The first-order chi connectivity index (χ1) is 7.60. The molecule has 1 aliphatic rings. The monoisotopic (exact) mass is 228 g/mol. The van der Waals surface area contributed by atoms with Crippen LogP contribution in [-0.4, -0.2) is 61.5 Å². The Morgan fingerprint density at radius 1 is 1.62 bits per heavy atom. The zero-order valence-corrected chi connectivity index (χ0v) is 10.2.